The molecule has 3 amide bonds. The Balaban J connectivity index is 1.75. The van der Waals surface area contributed by atoms with E-state index in [9.17, 15) is 19.5 Å². The summed E-state index contributed by atoms with van der Waals surface area (Å²) in [5.41, 5.74) is 3.30. The van der Waals surface area contributed by atoms with Gasteiger partial charge in [-0.15, -0.1) is 0 Å². The van der Waals surface area contributed by atoms with Crippen LogP contribution in [0.4, 0.5) is 0 Å². The van der Waals surface area contributed by atoms with Gasteiger partial charge in [0.25, 0.3) is 11.8 Å². The number of methoxy groups -OCH3 is 1. The van der Waals surface area contributed by atoms with Crippen LogP contribution in [0.15, 0.2) is 54.6 Å². The zero-order valence-corrected chi connectivity index (χ0v) is 19.3. The normalized spacial score (nSPS) is 15.5. The summed E-state index contributed by atoms with van der Waals surface area (Å²) < 4.78 is 5.17. The summed E-state index contributed by atoms with van der Waals surface area (Å²) in [6.45, 7) is 0. The minimum Gasteiger partial charge on any atom is -0.497 e. The number of ether oxygens (including phenoxy) is 1. The van der Waals surface area contributed by atoms with Crippen molar-refractivity contribution in [2.45, 2.75) is 43.9 Å². The lowest BCUT2D eigenvalue weighted by atomic mass is 9.99. The molecule has 3 rings (SSSR count). The van der Waals surface area contributed by atoms with Crippen molar-refractivity contribution >= 4 is 17.7 Å². The average molecular weight is 470 g/mol. The van der Waals surface area contributed by atoms with Crippen LogP contribution < -0.4 is 20.9 Å². The van der Waals surface area contributed by atoms with Crippen molar-refractivity contribution in [1.82, 2.24) is 16.1 Å². The summed E-state index contributed by atoms with van der Waals surface area (Å²) in [4.78, 5) is 43.0. The van der Waals surface area contributed by atoms with Gasteiger partial charge in [0.05, 0.1) is 20.3 Å². The highest BCUT2D eigenvalue weighted by Crippen LogP contribution is 2.33. The third-order valence-corrected chi connectivity index (χ3v) is 5.70. The number of hydrogen-bond donors (Lipinski definition) is 4. The van der Waals surface area contributed by atoms with Crippen LogP contribution >= 0.6 is 0 Å². The first kappa shape index (κ1) is 25.2. The summed E-state index contributed by atoms with van der Waals surface area (Å²) in [5, 5.41) is 16.2. The van der Waals surface area contributed by atoms with Gasteiger partial charge in [0.15, 0.2) is 6.10 Å². The molecule has 182 valence electrons. The Morgan fingerprint density at radius 1 is 1.00 bits per heavy atom. The number of hydroxylamine groups is 1. The van der Waals surface area contributed by atoms with Crippen LogP contribution in [0.25, 0.3) is 0 Å². The lowest BCUT2D eigenvalue weighted by Crippen LogP contribution is -2.56. The minimum absolute atomic E-state index is 0.213. The first-order chi connectivity index (χ1) is 16.4. The van der Waals surface area contributed by atoms with Gasteiger partial charge >= 0.3 is 0 Å². The van der Waals surface area contributed by atoms with Crippen LogP contribution in [-0.2, 0) is 20.8 Å². The quantitative estimate of drug-likeness (QED) is 0.348. The minimum atomic E-state index is -1.56. The number of amides is 3. The number of aliphatic hydroxyl groups is 1. The SMILES string of the molecule is CONC(=O)C(O)C(Cc1ccccc1)NC(=O)[C@H](CC1CC1)NC(=O)c1cccc(OC)c1. The van der Waals surface area contributed by atoms with Crippen molar-refractivity contribution in [1.29, 1.82) is 0 Å². The fourth-order valence-corrected chi connectivity index (χ4v) is 3.66. The zero-order valence-electron chi connectivity index (χ0n) is 19.3. The molecule has 2 unspecified atom stereocenters. The zero-order chi connectivity index (χ0) is 24.5. The van der Waals surface area contributed by atoms with Gasteiger partial charge in [0, 0.05) is 5.56 Å². The van der Waals surface area contributed by atoms with Gasteiger partial charge in [-0.3, -0.25) is 19.2 Å². The third-order valence-electron chi connectivity index (χ3n) is 5.70. The van der Waals surface area contributed by atoms with Crippen molar-refractivity contribution in [2.24, 2.45) is 5.92 Å². The van der Waals surface area contributed by atoms with E-state index in [2.05, 4.69) is 21.0 Å². The van der Waals surface area contributed by atoms with Gasteiger partial charge in [-0.2, -0.15) is 0 Å². The number of carbonyl (C=O) groups excluding carboxylic acids is 3. The Morgan fingerprint density at radius 3 is 2.38 bits per heavy atom. The maximum atomic E-state index is 13.3. The van der Waals surface area contributed by atoms with Crippen LogP contribution in [-0.4, -0.2) is 55.2 Å². The fourth-order valence-electron chi connectivity index (χ4n) is 3.66. The van der Waals surface area contributed by atoms with E-state index < -0.39 is 35.9 Å². The van der Waals surface area contributed by atoms with E-state index in [0.29, 0.717) is 23.7 Å². The molecule has 2 aromatic carbocycles. The van der Waals surface area contributed by atoms with Gasteiger partial charge < -0.3 is 20.5 Å². The molecule has 1 fully saturated rings. The van der Waals surface area contributed by atoms with E-state index >= 15 is 0 Å². The predicted octanol–water partition coefficient (Wildman–Crippen LogP) is 1.36. The second-order valence-corrected chi connectivity index (χ2v) is 8.36. The number of hydrogen-bond acceptors (Lipinski definition) is 6. The van der Waals surface area contributed by atoms with Crippen LogP contribution in [0, 0.1) is 5.92 Å². The van der Waals surface area contributed by atoms with Crippen molar-refractivity contribution in [3.63, 3.8) is 0 Å². The van der Waals surface area contributed by atoms with E-state index in [4.69, 9.17) is 4.74 Å². The van der Waals surface area contributed by atoms with Crippen molar-refractivity contribution in [3.05, 3.63) is 65.7 Å². The maximum absolute atomic E-state index is 13.3. The topological polar surface area (TPSA) is 126 Å². The Labute approximate surface area is 198 Å². The van der Waals surface area contributed by atoms with E-state index in [1.807, 2.05) is 30.3 Å². The lowest BCUT2D eigenvalue weighted by molar-refractivity contribution is -0.142. The summed E-state index contributed by atoms with van der Waals surface area (Å²) >= 11 is 0. The van der Waals surface area contributed by atoms with Crippen molar-refractivity contribution in [3.8, 4) is 5.75 Å². The van der Waals surface area contributed by atoms with E-state index in [-0.39, 0.29) is 6.42 Å². The molecule has 0 aliphatic heterocycles. The molecule has 1 aliphatic carbocycles. The van der Waals surface area contributed by atoms with Gasteiger partial charge in [0.1, 0.15) is 11.8 Å². The highest BCUT2D eigenvalue weighted by atomic mass is 16.6. The molecule has 4 N–H and O–H groups in total. The molecule has 9 nitrogen and oxygen atoms in total. The van der Waals surface area contributed by atoms with E-state index in [0.717, 1.165) is 18.4 Å². The summed E-state index contributed by atoms with van der Waals surface area (Å²) in [5.74, 6) is -0.769. The summed E-state index contributed by atoms with van der Waals surface area (Å²) in [6.07, 6.45) is 1.11. The number of aliphatic hydroxyl groups excluding tert-OH is 1. The van der Waals surface area contributed by atoms with Crippen LogP contribution in [0.3, 0.4) is 0 Å². The van der Waals surface area contributed by atoms with Crippen molar-refractivity contribution in [2.75, 3.05) is 14.2 Å². The maximum Gasteiger partial charge on any atom is 0.274 e. The second kappa shape index (κ2) is 12.2. The molecule has 0 radical (unpaired) electrons. The predicted molar refractivity (Wildman–Crippen MR) is 125 cm³/mol. The fraction of sp³-hybridized carbons (Fsp3) is 0.400. The number of carbonyl (C=O) groups is 3. The summed E-state index contributed by atoms with van der Waals surface area (Å²) in [6, 6.07) is 14.1. The Morgan fingerprint density at radius 2 is 1.74 bits per heavy atom. The Hall–Kier alpha value is -3.43. The lowest BCUT2D eigenvalue weighted by Gasteiger charge is -2.26. The standard InChI is InChI=1S/C25H31N3O6/c1-33-19-10-6-9-18(15-19)23(30)27-21(14-17-11-12-17)24(31)26-20(22(29)25(32)28-34-2)13-16-7-4-3-5-8-16/h3-10,15,17,20-22,29H,11-14H2,1-2H3,(H,26,31)(H,27,30)(H,28,32)/t20?,21-,22?/m0/s1. The summed E-state index contributed by atoms with van der Waals surface area (Å²) in [7, 11) is 2.77. The first-order valence-electron chi connectivity index (χ1n) is 11.2. The number of benzene rings is 2. The first-order valence-corrected chi connectivity index (χ1v) is 11.2. The van der Waals surface area contributed by atoms with Gasteiger partial charge in [-0.05, 0) is 42.5 Å². The third kappa shape index (κ3) is 7.29. The monoisotopic (exact) mass is 469 g/mol. The highest BCUT2D eigenvalue weighted by molar-refractivity contribution is 5.98. The van der Waals surface area contributed by atoms with Crippen LogP contribution in [0.5, 0.6) is 5.75 Å². The number of rotatable bonds is 12. The molecular weight excluding hydrogens is 438 g/mol. The molecule has 1 saturated carbocycles. The Kier molecular flexibility index (Phi) is 9.00. The molecule has 0 heterocycles. The molecule has 0 spiro atoms. The molecule has 0 saturated heterocycles. The molecular formula is C25H31N3O6. The van der Waals surface area contributed by atoms with Crippen LogP contribution in [0.1, 0.15) is 35.2 Å². The Bertz CT molecular complexity index is 980. The molecule has 3 atom stereocenters. The van der Waals surface area contributed by atoms with Crippen molar-refractivity contribution < 1.29 is 29.1 Å². The number of nitrogens with one attached hydrogen (secondary N) is 3. The van der Waals surface area contributed by atoms with Gasteiger partial charge in [0.2, 0.25) is 5.91 Å². The second-order valence-electron chi connectivity index (χ2n) is 8.36. The van der Waals surface area contributed by atoms with Crippen LogP contribution in [0.2, 0.25) is 0 Å². The van der Waals surface area contributed by atoms with Gasteiger partial charge in [-0.1, -0.05) is 49.2 Å². The average Bonchev–Trinajstić information content (AvgIpc) is 3.67. The van der Waals surface area contributed by atoms with Gasteiger partial charge in [-0.25, -0.2) is 5.48 Å². The highest BCUT2D eigenvalue weighted by Gasteiger charge is 2.34. The van der Waals surface area contributed by atoms with E-state index in [1.165, 1.54) is 14.2 Å². The molecule has 2 aromatic rings. The molecule has 0 bridgehead atoms. The smallest absolute Gasteiger partial charge is 0.274 e. The molecule has 34 heavy (non-hydrogen) atoms. The molecule has 0 aromatic heterocycles. The molecule has 1 aliphatic rings. The van der Waals surface area contributed by atoms with E-state index in [1.54, 1.807) is 24.3 Å². The molecule has 9 heteroatoms. The largest absolute Gasteiger partial charge is 0.497 e.